The molecule has 2 rings (SSSR count). The van der Waals surface area contributed by atoms with Gasteiger partial charge in [-0.3, -0.25) is 10.1 Å². The van der Waals surface area contributed by atoms with E-state index in [-0.39, 0.29) is 12.4 Å². The minimum atomic E-state index is -2.90. The van der Waals surface area contributed by atoms with Gasteiger partial charge in [-0.05, 0) is 24.3 Å². The van der Waals surface area contributed by atoms with Crippen LogP contribution in [0.2, 0.25) is 0 Å². The van der Waals surface area contributed by atoms with Crippen molar-refractivity contribution in [3.63, 3.8) is 0 Å². The van der Waals surface area contributed by atoms with Crippen molar-refractivity contribution >= 4 is 30.3 Å². The molecule has 0 unspecified atom stereocenters. The lowest BCUT2D eigenvalue weighted by Crippen LogP contribution is -2.21. The fourth-order valence-electron chi connectivity index (χ4n) is 1.45. The standard InChI is InChI=1S/C12H12NOP.ClH/c13-15(14,11-7-3-1-4-8-11)12-9-5-2-6-10-12;/h1-10H,(H2,13,14);1H. The lowest BCUT2D eigenvalue weighted by atomic mass is 10.4. The molecular weight excluding hydrogens is 241 g/mol. The molecule has 0 aliphatic carbocycles. The summed E-state index contributed by atoms with van der Waals surface area (Å²) in [5, 5.41) is 1.38. The second-order valence-electron chi connectivity index (χ2n) is 3.33. The Morgan fingerprint density at radius 1 is 0.750 bits per heavy atom. The van der Waals surface area contributed by atoms with Gasteiger partial charge in [-0.1, -0.05) is 36.4 Å². The van der Waals surface area contributed by atoms with Crippen molar-refractivity contribution in [1.29, 1.82) is 0 Å². The number of halogens is 1. The molecule has 0 saturated carbocycles. The molecule has 2 N–H and O–H groups in total. The predicted octanol–water partition coefficient (Wildman–Crippen LogP) is 2.30. The van der Waals surface area contributed by atoms with Crippen molar-refractivity contribution in [2.75, 3.05) is 0 Å². The largest absolute Gasteiger partial charge is 0.297 e. The molecule has 0 atom stereocenters. The van der Waals surface area contributed by atoms with Gasteiger partial charge in [-0.15, -0.1) is 12.4 Å². The quantitative estimate of drug-likeness (QED) is 0.835. The van der Waals surface area contributed by atoms with E-state index in [4.69, 9.17) is 5.50 Å². The van der Waals surface area contributed by atoms with Gasteiger partial charge in [0.2, 0.25) is 7.29 Å². The molecule has 16 heavy (non-hydrogen) atoms. The summed E-state index contributed by atoms with van der Waals surface area (Å²) in [5.74, 6) is 0. The third-order valence-electron chi connectivity index (χ3n) is 2.28. The average Bonchev–Trinajstić information content (AvgIpc) is 2.31. The molecule has 0 aromatic heterocycles. The molecule has 0 saturated heterocycles. The van der Waals surface area contributed by atoms with Crippen molar-refractivity contribution < 1.29 is 4.57 Å². The lowest BCUT2D eigenvalue weighted by molar-refractivity contribution is 0.588. The van der Waals surface area contributed by atoms with Crippen molar-refractivity contribution in [2.24, 2.45) is 5.50 Å². The molecule has 0 fully saturated rings. The van der Waals surface area contributed by atoms with Crippen LogP contribution in [0.25, 0.3) is 0 Å². The summed E-state index contributed by atoms with van der Waals surface area (Å²) in [6.45, 7) is 0. The van der Waals surface area contributed by atoms with Crippen LogP contribution in [-0.4, -0.2) is 0 Å². The molecule has 0 aliphatic rings. The minimum Gasteiger partial charge on any atom is -0.297 e. The summed E-state index contributed by atoms with van der Waals surface area (Å²) in [5.41, 5.74) is 5.91. The van der Waals surface area contributed by atoms with Crippen LogP contribution in [-0.2, 0) is 4.57 Å². The first-order valence-electron chi connectivity index (χ1n) is 4.71. The van der Waals surface area contributed by atoms with Gasteiger partial charge in [0.1, 0.15) is 0 Å². The van der Waals surface area contributed by atoms with E-state index in [9.17, 15) is 4.57 Å². The maximum absolute atomic E-state index is 12.4. The molecule has 0 spiro atoms. The van der Waals surface area contributed by atoms with Gasteiger partial charge >= 0.3 is 0 Å². The van der Waals surface area contributed by atoms with Gasteiger partial charge in [0.05, 0.1) is 0 Å². The van der Waals surface area contributed by atoms with Crippen LogP contribution in [0.4, 0.5) is 0 Å². The monoisotopic (exact) mass is 253 g/mol. The molecule has 0 heterocycles. The first-order valence-corrected chi connectivity index (χ1v) is 6.49. The molecule has 4 heteroatoms. The van der Waals surface area contributed by atoms with Crippen LogP contribution < -0.4 is 16.1 Å². The van der Waals surface area contributed by atoms with Crippen LogP contribution in [0.15, 0.2) is 60.7 Å². The van der Waals surface area contributed by atoms with E-state index < -0.39 is 7.29 Å². The third-order valence-corrected chi connectivity index (χ3v) is 4.41. The summed E-state index contributed by atoms with van der Waals surface area (Å²) in [6.07, 6.45) is 0. The van der Waals surface area contributed by atoms with Gasteiger partial charge in [-0.25, -0.2) is 0 Å². The number of rotatable bonds is 2. The number of benzene rings is 2. The van der Waals surface area contributed by atoms with Crippen molar-refractivity contribution in [3.8, 4) is 0 Å². The highest BCUT2D eigenvalue weighted by atomic mass is 35.5. The Balaban J connectivity index is 0.00000128. The topological polar surface area (TPSA) is 43.1 Å². The molecule has 84 valence electrons. The normalized spacial score (nSPS) is 10.6. The molecule has 2 aromatic rings. The maximum Gasteiger partial charge on any atom is 0.202 e. The van der Waals surface area contributed by atoms with Crippen molar-refractivity contribution in [2.45, 2.75) is 0 Å². The van der Waals surface area contributed by atoms with Crippen LogP contribution >= 0.6 is 19.7 Å². The summed E-state index contributed by atoms with van der Waals surface area (Å²) < 4.78 is 12.4. The number of hydrogen-bond acceptors (Lipinski definition) is 1. The van der Waals surface area contributed by atoms with E-state index >= 15 is 0 Å². The second kappa shape index (κ2) is 5.31. The van der Waals surface area contributed by atoms with Crippen LogP contribution in [0.3, 0.4) is 0 Å². The van der Waals surface area contributed by atoms with Crippen LogP contribution in [0, 0.1) is 0 Å². The summed E-state index contributed by atoms with van der Waals surface area (Å²) in [6, 6.07) is 18.3. The Bertz CT molecular complexity index is 443. The van der Waals surface area contributed by atoms with E-state index in [1.807, 2.05) is 36.4 Å². The van der Waals surface area contributed by atoms with Gasteiger partial charge in [0.25, 0.3) is 0 Å². The minimum absolute atomic E-state index is 0. The highest BCUT2D eigenvalue weighted by Gasteiger charge is 2.20. The Hall–Kier alpha value is -1.08. The van der Waals surface area contributed by atoms with E-state index in [0.717, 1.165) is 0 Å². The van der Waals surface area contributed by atoms with Crippen LogP contribution in [0.1, 0.15) is 0 Å². The Morgan fingerprint density at radius 2 is 1.06 bits per heavy atom. The Morgan fingerprint density at radius 3 is 1.38 bits per heavy atom. The van der Waals surface area contributed by atoms with Crippen LogP contribution in [0.5, 0.6) is 0 Å². The molecule has 0 aliphatic heterocycles. The smallest absolute Gasteiger partial charge is 0.202 e. The summed E-state index contributed by atoms with van der Waals surface area (Å²) in [7, 11) is -2.90. The zero-order chi connectivity index (χ0) is 10.7. The zero-order valence-electron chi connectivity index (χ0n) is 8.61. The summed E-state index contributed by atoms with van der Waals surface area (Å²) in [4.78, 5) is 0. The summed E-state index contributed by atoms with van der Waals surface area (Å²) >= 11 is 0. The molecule has 0 bridgehead atoms. The first-order chi connectivity index (χ1) is 7.21. The highest BCUT2D eigenvalue weighted by Crippen LogP contribution is 2.33. The highest BCUT2D eigenvalue weighted by molar-refractivity contribution is 7.76. The fraction of sp³-hybridized carbons (Fsp3) is 0. The van der Waals surface area contributed by atoms with Gasteiger partial charge in [0.15, 0.2) is 0 Å². The fourth-order valence-corrected chi connectivity index (χ4v) is 2.98. The molecule has 0 amide bonds. The van der Waals surface area contributed by atoms with E-state index in [1.54, 1.807) is 24.3 Å². The van der Waals surface area contributed by atoms with E-state index in [2.05, 4.69) is 0 Å². The predicted molar refractivity (Wildman–Crippen MR) is 71.2 cm³/mol. The molecular formula is C12H13ClNOP. The molecule has 2 nitrogen and oxygen atoms in total. The van der Waals surface area contributed by atoms with Gasteiger partial charge in [-0.2, -0.15) is 0 Å². The lowest BCUT2D eigenvalue weighted by Gasteiger charge is -2.12. The molecule has 2 aromatic carbocycles. The van der Waals surface area contributed by atoms with Crippen molar-refractivity contribution in [3.05, 3.63) is 60.7 Å². The molecule has 0 radical (unpaired) electrons. The third kappa shape index (κ3) is 2.53. The van der Waals surface area contributed by atoms with E-state index in [0.29, 0.717) is 10.6 Å². The number of nitrogens with two attached hydrogens (primary N) is 1. The van der Waals surface area contributed by atoms with E-state index in [1.165, 1.54) is 0 Å². The van der Waals surface area contributed by atoms with Gasteiger partial charge in [0, 0.05) is 10.6 Å². The Kier molecular flexibility index (Phi) is 4.31. The zero-order valence-corrected chi connectivity index (χ0v) is 10.3. The van der Waals surface area contributed by atoms with Crippen molar-refractivity contribution in [1.82, 2.24) is 0 Å². The average molecular weight is 254 g/mol. The first kappa shape index (κ1) is 13.0. The maximum atomic E-state index is 12.4. The van der Waals surface area contributed by atoms with Gasteiger partial charge < -0.3 is 0 Å². The number of hydrogen-bond donors (Lipinski definition) is 1. The second-order valence-corrected chi connectivity index (χ2v) is 5.68. The Labute approximate surface area is 101 Å². The SMILES string of the molecule is Cl.NP(=O)(c1ccccc1)c1ccccc1.